The molecule has 0 saturated carbocycles. The fourth-order valence-electron chi connectivity index (χ4n) is 2.29. The summed E-state index contributed by atoms with van der Waals surface area (Å²) in [7, 11) is 1.49. The zero-order valence-electron chi connectivity index (χ0n) is 15.5. The lowest BCUT2D eigenvalue weighted by molar-refractivity contribution is -0.136. The smallest absolute Gasteiger partial charge is 0.331 e. The van der Waals surface area contributed by atoms with Gasteiger partial charge in [-0.1, -0.05) is 30.7 Å². The monoisotopic (exact) mass is 406 g/mol. The third-order valence-corrected chi connectivity index (χ3v) is 3.91. The minimum atomic E-state index is -0.744. The van der Waals surface area contributed by atoms with Gasteiger partial charge in [-0.2, -0.15) is 0 Å². The van der Waals surface area contributed by atoms with Gasteiger partial charge in [-0.3, -0.25) is 4.79 Å². The standard InChI is InChI=1S/C21H20ClFO5/c1-3-10-27-21-16(22)11-14(12-19(21)26-2)8-9-20(25)28-13-18(24)15-6-4-5-7-17(15)23/h4-9,11-12H,3,10,13H2,1-2H3/b9-8+. The second-order valence-corrected chi connectivity index (χ2v) is 6.13. The Hall–Kier alpha value is -2.86. The Labute approximate surface area is 167 Å². The highest BCUT2D eigenvalue weighted by atomic mass is 35.5. The highest BCUT2D eigenvalue weighted by molar-refractivity contribution is 6.32. The average molecular weight is 407 g/mol. The van der Waals surface area contributed by atoms with E-state index in [9.17, 15) is 14.0 Å². The summed E-state index contributed by atoms with van der Waals surface area (Å²) in [6.45, 7) is 1.91. The van der Waals surface area contributed by atoms with Gasteiger partial charge in [-0.15, -0.1) is 0 Å². The van der Waals surface area contributed by atoms with Crippen LogP contribution in [-0.4, -0.2) is 32.1 Å². The number of carbonyl (C=O) groups is 2. The van der Waals surface area contributed by atoms with Crippen LogP contribution in [0.5, 0.6) is 11.5 Å². The van der Waals surface area contributed by atoms with Crippen LogP contribution >= 0.6 is 11.6 Å². The molecule has 0 radical (unpaired) electrons. The van der Waals surface area contributed by atoms with Crippen LogP contribution in [0.4, 0.5) is 4.39 Å². The van der Waals surface area contributed by atoms with Crippen LogP contribution in [0.15, 0.2) is 42.5 Å². The lowest BCUT2D eigenvalue weighted by Crippen LogP contribution is -2.13. The Bertz CT molecular complexity index is 879. The molecule has 28 heavy (non-hydrogen) atoms. The van der Waals surface area contributed by atoms with Crippen LogP contribution in [0.2, 0.25) is 5.02 Å². The Kier molecular flexibility index (Phi) is 8.02. The molecule has 0 aliphatic heterocycles. The molecule has 0 fully saturated rings. The maximum atomic E-state index is 13.5. The molecule has 7 heteroatoms. The molecule has 0 spiro atoms. The summed E-state index contributed by atoms with van der Waals surface area (Å²) in [5.41, 5.74) is 0.460. The number of rotatable bonds is 9. The summed E-state index contributed by atoms with van der Waals surface area (Å²) in [6.07, 6.45) is 3.43. The van der Waals surface area contributed by atoms with Crippen molar-refractivity contribution in [2.75, 3.05) is 20.3 Å². The number of benzene rings is 2. The third kappa shape index (κ3) is 5.82. The van der Waals surface area contributed by atoms with Crippen LogP contribution in [0.1, 0.15) is 29.3 Å². The number of ether oxygens (including phenoxy) is 3. The van der Waals surface area contributed by atoms with E-state index in [-0.39, 0.29) is 5.56 Å². The molecule has 5 nitrogen and oxygen atoms in total. The topological polar surface area (TPSA) is 61.8 Å². The number of methoxy groups -OCH3 is 1. The van der Waals surface area contributed by atoms with E-state index in [1.54, 1.807) is 12.1 Å². The minimum absolute atomic E-state index is 0.126. The predicted octanol–water partition coefficient (Wildman–Crippen LogP) is 4.72. The molecule has 0 saturated heterocycles. The number of carbonyl (C=O) groups excluding carboxylic acids is 2. The summed E-state index contributed by atoms with van der Waals surface area (Å²) < 4.78 is 29.2. The second-order valence-electron chi connectivity index (χ2n) is 5.73. The molecule has 0 bridgehead atoms. The van der Waals surface area contributed by atoms with E-state index >= 15 is 0 Å². The number of esters is 1. The molecular formula is C21H20ClFO5. The Balaban J connectivity index is 2.01. The van der Waals surface area contributed by atoms with Crippen LogP contribution in [-0.2, 0) is 9.53 Å². The van der Waals surface area contributed by atoms with Gasteiger partial charge in [0.15, 0.2) is 18.1 Å². The molecule has 0 aliphatic carbocycles. The van der Waals surface area contributed by atoms with Gasteiger partial charge in [0.05, 0.1) is 24.3 Å². The van der Waals surface area contributed by atoms with Crippen molar-refractivity contribution in [1.82, 2.24) is 0 Å². The fourth-order valence-corrected chi connectivity index (χ4v) is 2.57. The summed E-state index contributed by atoms with van der Waals surface area (Å²) in [4.78, 5) is 23.7. The molecule has 2 aromatic rings. The van der Waals surface area contributed by atoms with E-state index in [0.717, 1.165) is 12.5 Å². The van der Waals surface area contributed by atoms with Crippen molar-refractivity contribution >= 4 is 29.4 Å². The second kappa shape index (κ2) is 10.5. The van der Waals surface area contributed by atoms with Crippen molar-refractivity contribution in [2.45, 2.75) is 13.3 Å². The van der Waals surface area contributed by atoms with E-state index in [1.165, 1.54) is 37.5 Å². The first-order valence-electron chi connectivity index (χ1n) is 8.59. The molecule has 0 atom stereocenters. The van der Waals surface area contributed by atoms with E-state index < -0.39 is 24.2 Å². The van der Waals surface area contributed by atoms with Gasteiger partial charge in [0.1, 0.15) is 5.82 Å². The van der Waals surface area contributed by atoms with E-state index in [4.69, 9.17) is 25.8 Å². The average Bonchev–Trinajstić information content (AvgIpc) is 2.69. The van der Waals surface area contributed by atoms with Crippen LogP contribution in [0.25, 0.3) is 6.08 Å². The molecule has 2 aromatic carbocycles. The maximum Gasteiger partial charge on any atom is 0.331 e. The molecular weight excluding hydrogens is 387 g/mol. The molecule has 0 amide bonds. The van der Waals surface area contributed by atoms with Gasteiger partial charge in [-0.05, 0) is 42.3 Å². The zero-order valence-corrected chi connectivity index (χ0v) is 16.3. The van der Waals surface area contributed by atoms with Gasteiger partial charge in [0, 0.05) is 6.08 Å². The summed E-state index contributed by atoms with van der Waals surface area (Å²) in [5, 5.41) is 0.343. The SMILES string of the molecule is CCCOc1c(Cl)cc(/C=C/C(=O)OCC(=O)c2ccccc2F)cc1OC. The number of halogens is 2. The fraction of sp³-hybridized carbons (Fsp3) is 0.238. The minimum Gasteiger partial charge on any atom is -0.493 e. The van der Waals surface area contributed by atoms with Crippen LogP contribution in [0, 0.1) is 5.82 Å². The van der Waals surface area contributed by atoms with Gasteiger partial charge in [0.25, 0.3) is 0 Å². The van der Waals surface area contributed by atoms with E-state index in [2.05, 4.69) is 0 Å². The highest BCUT2D eigenvalue weighted by Gasteiger charge is 2.13. The maximum absolute atomic E-state index is 13.5. The highest BCUT2D eigenvalue weighted by Crippen LogP contribution is 2.36. The quantitative estimate of drug-likeness (QED) is 0.342. The number of ketones is 1. The summed E-state index contributed by atoms with van der Waals surface area (Å²) in [6, 6.07) is 8.77. The molecule has 0 N–H and O–H groups in total. The van der Waals surface area contributed by atoms with Gasteiger partial charge >= 0.3 is 5.97 Å². The Morgan fingerprint density at radius 3 is 2.64 bits per heavy atom. The lowest BCUT2D eigenvalue weighted by Gasteiger charge is -2.12. The zero-order chi connectivity index (χ0) is 20.5. The third-order valence-electron chi connectivity index (χ3n) is 3.63. The normalized spacial score (nSPS) is 10.7. The van der Waals surface area contributed by atoms with Crippen molar-refractivity contribution in [2.24, 2.45) is 0 Å². The first-order chi connectivity index (χ1) is 13.5. The molecule has 0 aliphatic rings. The van der Waals surface area contributed by atoms with Crippen molar-refractivity contribution in [1.29, 1.82) is 0 Å². The van der Waals surface area contributed by atoms with Crippen molar-refractivity contribution in [3.05, 3.63) is 64.4 Å². The first-order valence-corrected chi connectivity index (χ1v) is 8.97. The molecule has 0 aromatic heterocycles. The molecule has 0 heterocycles. The summed E-state index contributed by atoms with van der Waals surface area (Å²) in [5.74, 6) is -1.16. The molecule has 148 valence electrons. The van der Waals surface area contributed by atoms with Gasteiger partial charge in [-0.25, -0.2) is 9.18 Å². The number of Topliss-reactive ketones (excluding diaryl/α,β-unsaturated/α-hetero) is 1. The molecule has 2 rings (SSSR count). The molecule has 0 unspecified atom stereocenters. The Morgan fingerprint density at radius 2 is 1.96 bits per heavy atom. The number of hydrogen-bond acceptors (Lipinski definition) is 5. The van der Waals surface area contributed by atoms with Crippen molar-refractivity contribution < 1.29 is 28.2 Å². The van der Waals surface area contributed by atoms with Gasteiger partial charge < -0.3 is 14.2 Å². The van der Waals surface area contributed by atoms with Crippen molar-refractivity contribution in [3.8, 4) is 11.5 Å². The van der Waals surface area contributed by atoms with Crippen LogP contribution < -0.4 is 9.47 Å². The van der Waals surface area contributed by atoms with Gasteiger partial charge in [0.2, 0.25) is 5.78 Å². The lowest BCUT2D eigenvalue weighted by atomic mass is 10.1. The number of hydrogen-bond donors (Lipinski definition) is 0. The van der Waals surface area contributed by atoms with Crippen LogP contribution in [0.3, 0.4) is 0 Å². The first kappa shape index (κ1) is 21.4. The van der Waals surface area contributed by atoms with E-state index in [0.29, 0.717) is 28.7 Å². The largest absolute Gasteiger partial charge is 0.493 e. The summed E-state index contributed by atoms with van der Waals surface area (Å²) >= 11 is 6.21. The van der Waals surface area contributed by atoms with Crippen molar-refractivity contribution in [3.63, 3.8) is 0 Å². The van der Waals surface area contributed by atoms with E-state index in [1.807, 2.05) is 6.92 Å². The Morgan fingerprint density at radius 1 is 1.21 bits per heavy atom. The predicted molar refractivity (Wildman–Crippen MR) is 105 cm³/mol.